The predicted octanol–water partition coefficient (Wildman–Crippen LogP) is 5.28. The van der Waals surface area contributed by atoms with Crippen molar-refractivity contribution in [2.75, 3.05) is 43.7 Å². The van der Waals surface area contributed by atoms with Crippen molar-refractivity contribution in [1.82, 2.24) is 0 Å². The van der Waals surface area contributed by atoms with E-state index < -0.39 is 13.7 Å². The van der Waals surface area contributed by atoms with Crippen LogP contribution in [0.25, 0.3) is 0 Å². The number of unbranched alkanes of at least 4 members (excludes halogenated alkanes) is 1. The van der Waals surface area contributed by atoms with Crippen LogP contribution in [-0.4, -0.2) is 71.0 Å². The van der Waals surface area contributed by atoms with Gasteiger partial charge in [-0.05, 0) is 68.0 Å². The van der Waals surface area contributed by atoms with E-state index in [1.165, 1.54) is 12.3 Å². The van der Waals surface area contributed by atoms with Gasteiger partial charge in [-0.3, -0.25) is 14.4 Å². The van der Waals surface area contributed by atoms with Gasteiger partial charge in [0.15, 0.2) is 5.60 Å². The first-order chi connectivity index (χ1) is 22.1. The van der Waals surface area contributed by atoms with Crippen LogP contribution in [0.4, 0.5) is 11.4 Å². The molecule has 9 nitrogen and oxygen atoms in total. The highest BCUT2D eigenvalue weighted by Gasteiger charge is 2.66. The highest BCUT2D eigenvalue weighted by Crippen LogP contribution is 2.60. The van der Waals surface area contributed by atoms with Crippen LogP contribution in [0, 0.1) is 5.92 Å². The van der Waals surface area contributed by atoms with E-state index in [1.807, 2.05) is 40.1 Å². The van der Waals surface area contributed by atoms with Crippen molar-refractivity contribution in [1.29, 1.82) is 0 Å². The van der Waals surface area contributed by atoms with Crippen molar-refractivity contribution in [3.8, 4) is 5.75 Å². The zero-order valence-corrected chi connectivity index (χ0v) is 29.0. The van der Waals surface area contributed by atoms with Crippen LogP contribution in [0.3, 0.4) is 0 Å². The topological polar surface area (TPSA) is 106 Å². The molecule has 46 heavy (non-hydrogen) atoms. The Morgan fingerprint density at radius 1 is 1.04 bits per heavy atom. The lowest BCUT2D eigenvalue weighted by molar-refractivity contribution is -0.146. The third kappa shape index (κ3) is 6.23. The Bertz CT molecular complexity index is 1410. The van der Waals surface area contributed by atoms with Gasteiger partial charge in [0.05, 0.1) is 34.1 Å². The number of amides is 2. The van der Waals surface area contributed by atoms with Gasteiger partial charge in [0.1, 0.15) is 5.75 Å². The standard InChI is InChI=1S/C36H50N2O7Si/c1-25-34(46(4,5)28-17-15-27(43-2)16-18-28)31(20-23-39)45-36(25)29-24-26(37-21-10-7-6-8-12-32(37)40)14-19-30(29)38(35(36)42)22-11-9-13-33(41)44-3/h14-19,24-25,31,34,39H,6-13,20-23H2,1-5H3/t25-,31+,34-,36+/m0/s1. The number of aliphatic hydroxyl groups excluding tert-OH is 1. The average Bonchev–Trinajstić information content (AvgIpc) is 3.47. The summed E-state index contributed by atoms with van der Waals surface area (Å²) < 4.78 is 17.3. The second-order valence-corrected chi connectivity index (χ2v) is 18.3. The number of nitrogens with zero attached hydrogens (tertiary/aromatic N) is 2. The minimum atomic E-state index is -2.31. The normalized spacial score (nSPS) is 25.0. The van der Waals surface area contributed by atoms with Gasteiger partial charge in [-0.15, -0.1) is 0 Å². The highest BCUT2D eigenvalue weighted by atomic mass is 28.3. The third-order valence-corrected chi connectivity index (χ3v) is 15.0. The molecule has 2 aromatic carbocycles. The summed E-state index contributed by atoms with van der Waals surface area (Å²) in [6.45, 7) is 7.83. The van der Waals surface area contributed by atoms with Crippen molar-refractivity contribution in [3.05, 3.63) is 48.0 Å². The summed E-state index contributed by atoms with van der Waals surface area (Å²) in [6.07, 6.45) is 6.12. The number of carbonyl (C=O) groups is 3. The molecule has 3 heterocycles. The van der Waals surface area contributed by atoms with Gasteiger partial charge in [0, 0.05) is 49.7 Å². The molecule has 2 amide bonds. The van der Waals surface area contributed by atoms with Crippen LogP contribution in [0.2, 0.25) is 18.6 Å². The number of rotatable bonds is 11. The molecule has 0 radical (unpaired) electrons. The second kappa shape index (κ2) is 14.3. The van der Waals surface area contributed by atoms with Gasteiger partial charge in [-0.25, -0.2) is 0 Å². The number of esters is 1. The fourth-order valence-electron chi connectivity index (χ4n) is 8.16. The number of ether oxygens (including phenoxy) is 3. The molecule has 0 unspecified atom stereocenters. The van der Waals surface area contributed by atoms with Gasteiger partial charge in [0.2, 0.25) is 5.91 Å². The summed E-state index contributed by atoms with van der Waals surface area (Å²) in [5.41, 5.74) is 1.17. The fourth-order valence-corrected chi connectivity index (χ4v) is 12.2. The van der Waals surface area contributed by atoms with E-state index in [1.54, 1.807) is 7.11 Å². The number of hydrogen-bond acceptors (Lipinski definition) is 7. The molecule has 2 saturated heterocycles. The maximum Gasteiger partial charge on any atom is 0.305 e. The summed E-state index contributed by atoms with van der Waals surface area (Å²) in [5, 5.41) is 11.5. The van der Waals surface area contributed by atoms with Crippen LogP contribution < -0.4 is 19.7 Å². The van der Waals surface area contributed by atoms with Crippen molar-refractivity contribution in [3.63, 3.8) is 0 Å². The predicted molar refractivity (Wildman–Crippen MR) is 181 cm³/mol. The third-order valence-electron chi connectivity index (χ3n) is 10.6. The second-order valence-electron chi connectivity index (χ2n) is 13.6. The lowest BCUT2D eigenvalue weighted by Gasteiger charge is -2.37. The summed E-state index contributed by atoms with van der Waals surface area (Å²) >= 11 is 0. The van der Waals surface area contributed by atoms with Crippen molar-refractivity contribution in [2.45, 2.75) is 95.1 Å². The molecule has 1 N–H and O–H groups in total. The zero-order valence-electron chi connectivity index (χ0n) is 28.0. The van der Waals surface area contributed by atoms with Crippen LogP contribution in [0.5, 0.6) is 5.75 Å². The van der Waals surface area contributed by atoms with Crippen molar-refractivity contribution < 1.29 is 33.7 Å². The number of hydrogen-bond donors (Lipinski definition) is 1. The summed E-state index contributed by atoms with van der Waals surface area (Å²) in [5.74, 6) is 0.343. The smallest absolute Gasteiger partial charge is 0.305 e. The van der Waals surface area contributed by atoms with Crippen molar-refractivity contribution in [2.24, 2.45) is 5.92 Å². The quantitative estimate of drug-likeness (QED) is 0.200. The summed E-state index contributed by atoms with van der Waals surface area (Å²) in [7, 11) is 0.735. The molecule has 1 spiro atoms. The number of carbonyl (C=O) groups excluding carboxylic acids is 3. The van der Waals surface area contributed by atoms with Gasteiger partial charge in [-0.2, -0.15) is 0 Å². The molecule has 0 saturated carbocycles. The van der Waals surface area contributed by atoms with Gasteiger partial charge >= 0.3 is 5.97 Å². The molecule has 2 fully saturated rings. The molecule has 0 aliphatic carbocycles. The van der Waals surface area contributed by atoms with Crippen molar-refractivity contribution >= 4 is 42.4 Å². The van der Waals surface area contributed by atoms with Crippen LogP contribution in [-0.2, 0) is 29.5 Å². The first kappa shape index (κ1) is 34.1. The molecular formula is C36H50N2O7Si. The summed E-state index contributed by atoms with van der Waals surface area (Å²) in [4.78, 5) is 43.6. The Kier molecular flexibility index (Phi) is 10.6. The Morgan fingerprint density at radius 2 is 1.78 bits per heavy atom. The molecule has 2 aromatic rings. The van der Waals surface area contributed by atoms with Crippen LogP contribution in [0.1, 0.15) is 70.3 Å². The molecule has 10 heteroatoms. The maximum atomic E-state index is 14.8. The lowest BCUT2D eigenvalue weighted by Crippen LogP contribution is -2.52. The van der Waals surface area contributed by atoms with E-state index in [0.717, 1.165) is 48.4 Å². The average molecular weight is 651 g/mol. The van der Waals surface area contributed by atoms with Crippen LogP contribution in [0.15, 0.2) is 42.5 Å². The number of benzene rings is 2. The number of anilines is 2. The maximum absolute atomic E-state index is 14.8. The molecule has 0 aromatic heterocycles. The summed E-state index contributed by atoms with van der Waals surface area (Å²) in [6, 6.07) is 14.2. The Hall–Kier alpha value is -3.21. The monoisotopic (exact) mass is 650 g/mol. The molecule has 4 atom stereocenters. The van der Waals surface area contributed by atoms with E-state index in [2.05, 4.69) is 32.2 Å². The van der Waals surface area contributed by atoms with Crippen LogP contribution >= 0.6 is 0 Å². The Morgan fingerprint density at radius 3 is 2.48 bits per heavy atom. The highest BCUT2D eigenvalue weighted by molar-refractivity contribution is 6.91. The number of methoxy groups -OCH3 is 2. The molecular weight excluding hydrogens is 600 g/mol. The Labute approximate surface area is 274 Å². The number of aliphatic hydroxyl groups is 1. The lowest BCUT2D eigenvalue weighted by atomic mass is 9.82. The molecule has 0 bridgehead atoms. The fraction of sp³-hybridized carbons (Fsp3) is 0.583. The SMILES string of the molecule is COC(=O)CCCCN1C(=O)[C@]2(O[C@H](CCO)[C@@H]([Si](C)(C)c3ccc(OC)cc3)[C@@H]2C)c2cc(N3CCCCCCC3=O)ccc21. The molecule has 250 valence electrons. The molecule has 3 aliphatic heterocycles. The van der Waals surface area contributed by atoms with Gasteiger partial charge in [0.25, 0.3) is 5.91 Å². The minimum absolute atomic E-state index is 0.0242. The molecule has 3 aliphatic rings. The zero-order chi connectivity index (χ0) is 33.1. The van der Waals surface area contributed by atoms with Gasteiger partial charge in [-0.1, -0.05) is 50.2 Å². The Balaban J connectivity index is 1.57. The molecule has 5 rings (SSSR count). The minimum Gasteiger partial charge on any atom is -0.497 e. The van der Waals surface area contributed by atoms with E-state index in [0.29, 0.717) is 45.2 Å². The number of fused-ring (bicyclic) bond motifs is 2. The van der Waals surface area contributed by atoms with Gasteiger partial charge < -0.3 is 29.1 Å². The first-order valence-electron chi connectivity index (χ1n) is 16.9. The largest absolute Gasteiger partial charge is 0.497 e. The van der Waals surface area contributed by atoms with E-state index in [-0.39, 0.29) is 42.0 Å². The first-order valence-corrected chi connectivity index (χ1v) is 19.9. The van der Waals surface area contributed by atoms with E-state index in [9.17, 15) is 19.5 Å². The van der Waals surface area contributed by atoms with E-state index in [4.69, 9.17) is 14.2 Å². The van der Waals surface area contributed by atoms with E-state index >= 15 is 0 Å².